The minimum atomic E-state index is 0.630. The molecule has 0 aromatic carbocycles. The van der Waals surface area contributed by atoms with Crippen LogP contribution < -0.4 is 10.2 Å². The van der Waals surface area contributed by atoms with Crippen LogP contribution in [0.2, 0.25) is 0 Å². The Morgan fingerprint density at radius 1 is 1.05 bits per heavy atom. The van der Waals surface area contributed by atoms with E-state index in [4.69, 9.17) is 9.97 Å². The van der Waals surface area contributed by atoms with Crippen molar-refractivity contribution in [2.45, 2.75) is 44.4 Å². The van der Waals surface area contributed by atoms with Crippen LogP contribution in [0, 0.1) is 0 Å². The second-order valence-electron chi connectivity index (χ2n) is 6.81. The van der Waals surface area contributed by atoms with Crippen LogP contribution in [0.5, 0.6) is 0 Å². The molecule has 1 saturated carbocycles. The number of fused-ring (bicyclic) bond motifs is 3. The summed E-state index contributed by atoms with van der Waals surface area (Å²) in [6, 6.07) is 0. The minimum Gasteiger partial charge on any atom is -0.353 e. The standard InChI is InChI=1S/C17H22N4S/c1-2-4-13-12(3-1)14-16(21-9-7-18-8-10-21)19-15(11-5-6-11)20-17(14)22-13/h11,18H,1-10H2. The molecular formula is C17H22N4S. The molecule has 3 heterocycles. The van der Waals surface area contributed by atoms with Crippen LogP contribution in [0.25, 0.3) is 10.2 Å². The van der Waals surface area contributed by atoms with Crippen LogP contribution in [0.15, 0.2) is 0 Å². The Kier molecular flexibility index (Phi) is 3.11. The minimum absolute atomic E-state index is 0.630. The monoisotopic (exact) mass is 314 g/mol. The first-order chi connectivity index (χ1) is 10.9. The van der Waals surface area contributed by atoms with Gasteiger partial charge in [-0.3, -0.25) is 0 Å². The number of thiophene rings is 1. The van der Waals surface area contributed by atoms with Crippen LogP contribution in [-0.4, -0.2) is 36.1 Å². The van der Waals surface area contributed by atoms with E-state index in [1.807, 2.05) is 11.3 Å². The summed E-state index contributed by atoms with van der Waals surface area (Å²) in [5.74, 6) is 2.98. The molecule has 0 amide bonds. The molecular weight excluding hydrogens is 292 g/mol. The van der Waals surface area contributed by atoms with Crippen molar-refractivity contribution in [3.8, 4) is 0 Å². The van der Waals surface area contributed by atoms with E-state index in [-0.39, 0.29) is 0 Å². The van der Waals surface area contributed by atoms with Gasteiger partial charge in [0.2, 0.25) is 0 Å². The molecule has 5 heteroatoms. The van der Waals surface area contributed by atoms with Crippen molar-refractivity contribution in [2.75, 3.05) is 31.1 Å². The molecule has 0 bridgehead atoms. The predicted molar refractivity (Wildman–Crippen MR) is 91.1 cm³/mol. The molecule has 0 unspecified atom stereocenters. The van der Waals surface area contributed by atoms with Crippen molar-refractivity contribution in [1.29, 1.82) is 0 Å². The Morgan fingerprint density at radius 3 is 2.68 bits per heavy atom. The summed E-state index contributed by atoms with van der Waals surface area (Å²) >= 11 is 1.94. The van der Waals surface area contributed by atoms with Gasteiger partial charge < -0.3 is 10.2 Å². The fraction of sp³-hybridized carbons (Fsp3) is 0.647. The maximum absolute atomic E-state index is 5.06. The number of hydrogen-bond donors (Lipinski definition) is 1. The second-order valence-corrected chi connectivity index (χ2v) is 7.89. The highest BCUT2D eigenvalue weighted by Gasteiger charge is 2.30. The average molecular weight is 314 g/mol. The Hall–Kier alpha value is -1.20. The average Bonchev–Trinajstić information content (AvgIpc) is 3.35. The molecule has 1 aliphatic heterocycles. The lowest BCUT2D eigenvalue weighted by Gasteiger charge is -2.29. The summed E-state index contributed by atoms with van der Waals surface area (Å²) in [4.78, 5) is 15.4. The van der Waals surface area contributed by atoms with Gasteiger partial charge in [0.25, 0.3) is 0 Å². The number of aryl methyl sites for hydroxylation is 2. The van der Waals surface area contributed by atoms with Gasteiger partial charge in [0, 0.05) is 37.0 Å². The van der Waals surface area contributed by atoms with E-state index in [0.717, 1.165) is 32.0 Å². The van der Waals surface area contributed by atoms with E-state index in [9.17, 15) is 0 Å². The Morgan fingerprint density at radius 2 is 1.86 bits per heavy atom. The van der Waals surface area contributed by atoms with Gasteiger partial charge in [-0.15, -0.1) is 11.3 Å². The summed E-state index contributed by atoms with van der Waals surface area (Å²) in [6.07, 6.45) is 7.68. The molecule has 0 spiro atoms. The molecule has 2 fully saturated rings. The van der Waals surface area contributed by atoms with Gasteiger partial charge in [-0.2, -0.15) is 0 Å². The van der Waals surface area contributed by atoms with Crippen LogP contribution in [-0.2, 0) is 12.8 Å². The topological polar surface area (TPSA) is 41.1 Å². The highest BCUT2D eigenvalue weighted by atomic mass is 32.1. The van der Waals surface area contributed by atoms with Gasteiger partial charge in [0.05, 0.1) is 5.39 Å². The molecule has 2 aromatic rings. The zero-order valence-corrected chi connectivity index (χ0v) is 13.7. The molecule has 3 aliphatic rings. The van der Waals surface area contributed by atoms with Crippen LogP contribution in [0.1, 0.15) is 47.9 Å². The number of nitrogens with zero attached hydrogens (tertiary/aromatic N) is 3. The van der Waals surface area contributed by atoms with Crippen molar-refractivity contribution in [3.05, 3.63) is 16.3 Å². The van der Waals surface area contributed by atoms with Crippen molar-refractivity contribution in [1.82, 2.24) is 15.3 Å². The number of nitrogens with one attached hydrogen (secondary N) is 1. The van der Waals surface area contributed by atoms with Gasteiger partial charge >= 0.3 is 0 Å². The third-order valence-electron chi connectivity index (χ3n) is 5.17. The fourth-order valence-corrected chi connectivity index (χ4v) is 5.05. The molecule has 116 valence electrons. The third-order valence-corrected chi connectivity index (χ3v) is 6.36. The zero-order chi connectivity index (χ0) is 14.5. The summed E-state index contributed by atoms with van der Waals surface area (Å²) < 4.78 is 0. The number of hydrogen-bond acceptors (Lipinski definition) is 5. The number of piperazine rings is 1. The molecule has 1 saturated heterocycles. The van der Waals surface area contributed by atoms with Crippen LogP contribution in [0.4, 0.5) is 5.82 Å². The molecule has 2 aromatic heterocycles. The highest BCUT2D eigenvalue weighted by Crippen LogP contribution is 2.44. The van der Waals surface area contributed by atoms with Crippen molar-refractivity contribution in [2.24, 2.45) is 0 Å². The van der Waals surface area contributed by atoms with E-state index in [1.54, 1.807) is 10.4 Å². The van der Waals surface area contributed by atoms with E-state index in [1.165, 1.54) is 54.6 Å². The van der Waals surface area contributed by atoms with E-state index < -0.39 is 0 Å². The van der Waals surface area contributed by atoms with E-state index in [0.29, 0.717) is 5.92 Å². The molecule has 5 rings (SSSR count). The van der Waals surface area contributed by atoms with Crippen LogP contribution >= 0.6 is 11.3 Å². The summed E-state index contributed by atoms with van der Waals surface area (Å²) in [5, 5.41) is 4.85. The Labute approximate surface area is 134 Å². The number of anilines is 1. The summed E-state index contributed by atoms with van der Waals surface area (Å²) in [7, 11) is 0. The normalized spacial score (nSPS) is 22.1. The lowest BCUT2D eigenvalue weighted by atomic mass is 9.97. The van der Waals surface area contributed by atoms with E-state index in [2.05, 4.69) is 10.2 Å². The first kappa shape index (κ1) is 13.3. The van der Waals surface area contributed by atoms with Crippen LogP contribution in [0.3, 0.4) is 0 Å². The van der Waals surface area contributed by atoms with Gasteiger partial charge in [-0.05, 0) is 44.1 Å². The first-order valence-corrected chi connectivity index (χ1v) is 9.49. The summed E-state index contributed by atoms with van der Waals surface area (Å²) in [6.45, 7) is 4.27. The van der Waals surface area contributed by atoms with Gasteiger partial charge in [-0.25, -0.2) is 9.97 Å². The molecule has 0 radical (unpaired) electrons. The van der Waals surface area contributed by atoms with Crippen molar-refractivity contribution < 1.29 is 0 Å². The predicted octanol–water partition coefficient (Wildman–Crippen LogP) is 2.86. The largest absolute Gasteiger partial charge is 0.353 e. The number of rotatable bonds is 2. The lowest BCUT2D eigenvalue weighted by Crippen LogP contribution is -2.44. The van der Waals surface area contributed by atoms with Gasteiger partial charge in [0.15, 0.2) is 0 Å². The summed E-state index contributed by atoms with van der Waals surface area (Å²) in [5.41, 5.74) is 1.57. The molecule has 1 N–H and O–H groups in total. The second kappa shape index (κ2) is 5.17. The van der Waals surface area contributed by atoms with Gasteiger partial charge in [-0.1, -0.05) is 0 Å². The first-order valence-electron chi connectivity index (χ1n) is 8.68. The van der Waals surface area contributed by atoms with Crippen molar-refractivity contribution >= 4 is 27.4 Å². The highest BCUT2D eigenvalue weighted by molar-refractivity contribution is 7.19. The van der Waals surface area contributed by atoms with E-state index >= 15 is 0 Å². The molecule has 0 atom stereocenters. The number of aromatic nitrogens is 2. The Balaban J connectivity index is 1.71. The quantitative estimate of drug-likeness (QED) is 0.925. The zero-order valence-electron chi connectivity index (χ0n) is 12.9. The maximum atomic E-state index is 5.06. The Bertz CT molecular complexity index is 713. The van der Waals surface area contributed by atoms with Gasteiger partial charge in [0.1, 0.15) is 16.5 Å². The molecule has 2 aliphatic carbocycles. The van der Waals surface area contributed by atoms with Crippen molar-refractivity contribution in [3.63, 3.8) is 0 Å². The smallest absolute Gasteiger partial charge is 0.141 e. The molecule has 22 heavy (non-hydrogen) atoms. The fourth-order valence-electron chi connectivity index (χ4n) is 3.78. The third kappa shape index (κ3) is 2.14. The SMILES string of the molecule is C1CCc2c(sc3nc(C4CC4)nc(N4CCNCC4)c23)C1. The molecule has 4 nitrogen and oxygen atoms in total. The maximum Gasteiger partial charge on any atom is 0.141 e. The lowest BCUT2D eigenvalue weighted by molar-refractivity contribution is 0.585.